The van der Waals surface area contributed by atoms with E-state index in [-0.39, 0.29) is 11.7 Å². The molecule has 2 atom stereocenters. The summed E-state index contributed by atoms with van der Waals surface area (Å²) in [7, 11) is 1.89. The molecule has 1 saturated heterocycles. The molecular weight excluding hydrogens is 383 g/mol. The molecule has 1 amide bonds. The zero-order valence-corrected chi connectivity index (χ0v) is 17.4. The zero-order valence-electron chi connectivity index (χ0n) is 17.4. The minimum absolute atomic E-state index is 0.300. The topological polar surface area (TPSA) is 99.7 Å². The molecule has 1 fully saturated rings. The molecule has 0 radical (unpaired) electrons. The van der Waals surface area contributed by atoms with Crippen LogP contribution in [0.25, 0.3) is 0 Å². The summed E-state index contributed by atoms with van der Waals surface area (Å²) >= 11 is 0. The van der Waals surface area contributed by atoms with Crippen LogP contribution in [-0.2, 0) is 10.3 Å². The maximum atomic E-state index is 13.6. The molecule has 6 N–H and O–H groups in total. The first-order valence-corrected chi connectivity index (χ1v) is 9.81. The highest BCUT2D eigenvalue weighted by Crippen LogP contribution is 2.40. The fourth-order valence-corrected chi connectivity index (χ4v) is 4.05. The number of carbonyl (C=O) groups is 1. The van der Waals surface area contributed by atoms with Gasteiger partial charge in [0.15, 0.2) is 0 Å². The second-order valence-corrected chi connectivity index (χ2v) is 7.67. The van der Waals surface area contributed by atoms with Crippen molar-refractivity contribution in [2.45, 2.75) is 18.5 Å². The van der Waals surface area contributed by atoms with Crippen LogP contribution < -0.4 is 22.3 Å². The fourth-order valence-electron chi connectivity index (χ4n) is 4.05. The quantitative estimate of drug-likeness (QED) is 0.521. The van der Waals surface area contributed by atoms with Gasteiger partial charge in [-0.05, 0) is 49.5 Å². The number of halogens is 1. The van der Waals surface area contributed by atoms with Gasteiger partial charge in [-0.1, -0.05) is 30.9 Å². The van der Waals surface area contributed by atoms with Gasteiger partial charge in [-0.15, -0.1) is 0 Å². The summed E-state index contributed by atoms with van der Waals surface area (Å²) in [6.07, 6.45) is 6.84. The van der Waals surface area contributed by atoms with Gasteiger partial charge in [0.1, 0.15) is 17.7 Å². The van der Waals surface area contributed by atoms with Crippen molar-refractivity contribution in [1.82, 2.24) is 20.7 Å². The molecule has 3 rings (SSSR count). The van der Waals surface area contributed by atoms with E-state index in [0.29, 0.717) is 19.6 Å². The highest BCUT2D eigenvalue weighted by atomic mass is 19.1. The van der Waals surface area contributed by atoms with Gasteiger partial charge in [0.2, 0.25) is 5.91 Å². The lowest BCUT2D eigenvalue weighted by Crippen LogP contribution is -2.57. The molecule has 0 aromatic heterocycles. The second kappa shape index (κ2) is 8.73. The summed E-state index contributed by atoms with van der Waals surface area (Å²) < 4.78 is 13.6. The molecule has 30 heavy (non-hydrogen) atoms. The van der Waals surface area contributed by atoms with Gasteiger partial charge < -0.3 is 21.8 Å². The number of nitrogens with one attached hydrogen (secondary N) is 2. The van der Waals surface area contributed by atoms with E-state index in [1.807, 2.05) is 24.9 Å². The van der Waals surface area contributed by atoms with Crippen molar-refractivity contribution < 1.29 is 9.18 Å². The van der Waals surface area contributed by atoms with Crippen LogP contribution in [-0.4, -0.2) is 48.4 Å². The Bertz CT molecular complexity index is 907. The van der Waals surface area contributed by atoms with E-state index in [2.05, 4.69) is 22.3 Å². The molecule has 7 nitrogen and oxygen atoms in total. The monoisotopic (exact) mass is 412 g/mol. The zero-order chi connectivity index (χ0) is 21.9. The Labute approximate surface area is 176 Å². The summed E-state index contributed by atoms with van der Waals surface area (Å²) in [4.78, 5) is 16.0. The number of allylic oxidation sites excluding steroid dienone is 3. The number of hydrogen-bond acceptors (Lipinski definition) is 6. The summed E-state index contributed by atoms with van der Waals surface area (Å²) in [5, 5.41) is 0. The van der Waals surface area contributed by atoms with Gasteiger partial charge in [0.05, 0.1) is 5.54 Å². The predicted octanol–water partition coefficient (Wildman–Crippen LogP) is 1.05. The molecule has 1 aromatic carbocycles. The Morgan fingerprint density at radius 2 is 2.03 bits per heavy atom. The SMILES string of the molecule is C=C/C=C(\C=C/N)C1=C(N2CCN(C)C(C(N)=O)C2)NNC1(C)c1ccc(F)cc1. The smallest absolute Gasteiger partial charge is 0.236 e. The van der Waals surface area contributed by atoms with Crippen molar-refractivity contribution in [1.29, 1.82) is 0 Å². The Hall–Kier alpha value is -3.10. The third-order valence-corrected chi connectivity index (χ3v) is 5.74. The van der Waals surface area contributed by atoms with Gasteiger partial charge in [-0.25, -0.2) is 9.82 Å². The van der Waals surface area contributed by atoms with E-state index in [1.54, 1.807) is 24.3 Å². The molecule has 2 heterocycles. The van der Waals surface area contributed by atoms with Gasteiger partial charge in [-0.3, -0.25) is 9.69 Å². The van der Waals surface area contributed by atoms with Crippen molar-refractivity contribution in [3.8, 4) is 0 Å². The summed E-state index contributed by atoms with van der Waals surface area (Å²) in [5.74, 6) is 0.166. The lowest BCUT2D eigenvalue weighted by Gasteiger charge is -2.39. The van der Waals surface area contributed by atoms with Crippen LogP contribution in [0.2, 0.25) is 0 Å². The van der Waals surface area contributed by atoms with Crippen molar-refractivity contribution in [3.63, 3.8) is 0 Å². The van der Waals surface area contributed by atoms with Crippen LogP contribution in [0.5, 0.6) is 0 Å². The Morgan fingerprint density at radius 3 is 2.63 bits per heavy atom. The van der Waals surface area contributed by atoms with Gasteiger partial charge in [-0.2, -0.15) is 0 Å². The maximum absolute atomic E-state index is 13.6. The largest absolute Gasteiger partial charge is 0.405 e. The molecule has 1 aromatic rings. The molecule has 0 aliphatic carbocycles. The van der Waals surface area contributed by atoms with E-state index in [9.17, 15) is 9.18 Å². The first-order valence-electron chi connectivity index (χ1n) is 9.81. The molecule has 2 aliphatic rings. The van der Waals surface area contributed by atoms with Gasteiger partial charge in [0.25, 0.3) is 0 Å². The van der Waals surface area contributed by atoms with Crippen molar-refractivity contribution in [2.24, 2.45) is 11.5 Å². The molecule has 2 unspecified atom stereocenters. The van der Waals surface area contributed by atoms with Crippen LogP contribution in [0.1, 0.15) is 12.5 Å². The van der Waals surface area contributed by atoms with E-state index in [1.165, 1.54) is 18.3 Å². The molecule has 160 valence electrons. The normalized spacial score (nSPS) is 25.6. The number of rotatable bonds is 6. The maximum Gasteiger partial charge on any atom is 0.236 e. The van der Waals surface area contributed by atoms with Crippen molar-refractivity contribution in [3.05, 3.63) is 83.6 Å². The summed E-state index contributed by atoms with van der Waals surface area (Å²) in [6.45, 7) is 7.68. The molecular formula is C22H29FN6O. The number of hydrogen-bond donors (Lipinski definition) is 4. The van der Waals surface area contributed by atoms with Crippen LogP contribution in [0.3, 0.4) is 0 Å². The Kier molecular flexibility index (Phi) is 6.28. The third-order valence-electron chi connectivity index (χ3n) is 5.74. The number of carbonyl (C=O) groups excluding carboxylic acids is 1. The van der Waals surface area contributed by atoms with E-state index >= 15 is 0 Å². The Morgan fingerprint density at radius 1 is 1.33 bits per heavy atom. The van der Waals surface area contributed by atoms with Crippen molar-refractivity contribution >= 4 is 5.91 Å². The van der Waals surface area contributed by atoms with Gasteiger partial charge >= 0.3 is 0 Å². The first kappa shape index (κ1) is 21.6. The summed E-state index contributed by atoms with van der Waals surface area (Å²) in [6, 6.07) is 5.98. The molecule has 0 saturated carbocycles. The average molecular weight is 413 g/mol. The highest BCUT2D eigenvalue weighted by molar-refractivity contribution is 5.80. The van der Waals surface area contributed by atoms with E-state index < -0.39 is 11.6 Å². The van der Waals surface area contributed by atoms with Crippen LogP contribution in [0.15, 0.2) is 72.2 Å². The molecule has 2 aliphatic heterocycles. The molecule has 0 spiro atoms. The predicted molar refractivity (Wildman–Crippen MR) is 116 cm³/mol. The lowest BCUT2D eigenvalue weighted by molar-refractivity contribution is -0.124. The minimum Gasteiger partial charge on any atom is -0.405 e. The third kappa shape index (κ3) is 3.96. The van der Waals surface area contributed by atoms with Crippen molar-refractivity contribution in [2.75, 3.05) is 26.7 Å². The number of primary amides is 1. The van der Waals surface area contributed by atoms with E-state index in [4.69, 9.17) is 11.5 Å². The standard InChI is InChI=1S/C22H29FN6O/c1-4-5-15(10-11-24)19-21(29-13-12-28(3)18(14-29)20(25)30)26-27-22(19,2)16-6-8-17(23)9-7-16/h4-11,18,26-27H,1,12-14,24H2,2-3H3,(H2,25,30)/b11-10-,15-5+. The van der Waals surface area contributed by atoms with E-state index in [0.717, 1.165) is 22.5 Å². The number of nitrogens with zero attached hydrogens (tertiary/aromatic N) is 2. The lowest BCUT2D eigenvalue weighted by atomic mass is 9.81. The first-order chi connectivity index (χ1) is 14.3. The molecule has 8 heteroatoms. The number of nitrogens with two attached hydrogens (primary N) is 2. The van der Waals surface area contributed by atoms with Gasteiger partial charge in [0, 0.05) is 25.2 Å². The van der Waals surface area contributed by atoms with Crippen LogP contribution >= 0.6 is 0 Å². The highest BCUT2D eigenvalue weighted by Gasteiger charge is 2.42. The Balaban J connectivity index is 2.13. The summed E-state index contributed by atoms with van der Waals surface area (Å²) in [5.41, 5.74) is 20.0. The fraction of sp³-hybridized carbons (Fsp3) is 0.318. The van der Waals surface area contributed by atoms with Crippen LogP contribution in [0, 0.1) is 5.82 Å². The number of benzene rings is 1. The second-order valence-electron chi connectivity index (χ2n) is 7.67. The molecule has 0 bridgehead atoms. The average Bonchev–Trinajstić information content (AvgIpc) is 3.06. The number of hydrazine groups is 1. The van der Waals surface area contributed by atoms with Crippen LogP contribution in [0.4, 0.5) is 4.39 Å². The number of piperazine rings is 1. The minimum atomic E-state index is -0.678. The number of amides is 1. The number of likely N-dealkylation sites (N-methyl/N-ethyl adjacent to an activating group) is 1.